The zero-order valence-electron chi connectivity index (χ0n) is 14.0. The minimum Gasteiger partial charge on any atom is -0.417 e. The predicted octanol–water partition coefficient (Wildman–Crippen LogP) is 4.43. The second-order valence-electron chi connectivity index (χ2n) is 6.72. The van der Waals surface area contributed by atoms with Gasteiger partial charge in [-0.3, -0.25) is 4.18 Å². The number of hydrogen-bond donors (Lipinski definition) is 0. The van der Waals surface area contributed by atoms with E-state index in [0.717, 1.165) is 36.6 Å². The van der Waals surface area contributed by atoms with Crippen LogP contribution in [-0.4, -0.2) is 36.2 Å². The van der Waals surface area contributed by atoms with Crippen LogP contribution in [0.5, 0.6) is 0 Å². The van der Waals surface area contributed by atoms with Crippen LogP contribution in [0.2, 0.25) is 18.1 Å². The van der Waals surface area contributed by atoms with Crippen LogP contribution < -0.4 is 0 Å². The Kier molecular flexibility index (Phi) is 8.94. The molecule has 0 saturated carbocycles. The molecule has 0 aromatic carbocycles. The zero-order chi connectivity index (χ0) is 16.7. The van der Waals surface area contributed by atoms with Crippen LogP contribution >= 0.6 is 15.9 Å². The van der Waals surface area contributed by atoms with E-state index >= 15 is 0 Å². The van der Waals surface area contributed by atoms with Gasteiger partial charge in [-0.05, 0) is 37.4 Å². The van der Waals surface area contributed by atoms with E-state index in [1.807, 2.05) is 6.08 Å². The molecule has 0 aliphatic rings. The largest absolute Gasteiger partial charge is 0.417 e. The molecule has 0 unspecified atom stereocenters. The van der Waals surface area contributed by atoms with Crippen LogP contribution in [0.1, 0.15) is 40.0 Å². The van der Waals surface area contributed by atoms with Gasteiger partial charge in [-0.15, -0.1) is 0 Å². The highest BCUT2D eigenvalue weighted by molar-refractivity contribution is 9.11. The van der Waals surface area contributed by atoms with E-state index in [4.69, 9.17) is 4.43 Å². The monoisotopic (exact) mass is 400 g/mol. The van der Waals surface area contributed by atoms with E-state index in [-0.39, 0.29) is 11.6 Å². The molecule has 0 fully saturated rings. The van der Waals surface area contributed by atoms with E-state index in [1.54, 1.807) is 0 Å². The Morgan fingerprint density at radius 1 is 1.24 bits per heavy atom. The molecular formula is C14H29BrO4SSi. The molecule has 0 atom stereocenters. The highest BCUT2D eigenvalue weighted by Gasteiger charge is 2.36. The van der Waals surface area contributed by atoms with Crippen molar-refractivity contribution < 1.29 is 17.0 Å². The number of rotatable bonds is 9. The molecule has 0 aliphatic carbocycles. The molecule has 0 aromatic heterocycles. The summed E-state index contributed by atoms with van der Waals surface area (Å²) < 4.78 is 33.2. The Balaban J connectivity index is 3.87. The van der Waals surface area contributed by atoms with Crippen molar-refractivity contribution in [2.24, 2.45) is 0 Å². The highest BCUT2D eigenvalue weighted by atomic mass is 79.9. The summed E-state index contributed by atoms with van der Waals surface area (Å²) in [7, 11) is -5.01. The van der Waals surface area contributed by atoms with Crippen LogP contribution in [0.25, 0.3) is 0 Å². The van der Waals surface area contributed by atoms with Gasteiger partial charge in [-0.1, -0.05) is 42.8 Å². The molecule has 0 radical (unpaired) electrons. The Labute approximate surface area is 139 Å². The summed E-state index contributed by atoms with van der Waals surface area (Å²) >= 11 is 3.30. The third kappa shape index (κ3) is 10.6. The Hall–Kier alpha value is 0.307. The van der Waals surface area contributed by atoms with Crippen LogP contribution in [0, 0.1) is 0 Å². The molecule has 21 heavy (non-hydrogen) atoms. The lowest BCUT2D eigenvalue weighted by Gasteiger charge is -2.36. The fourth-order valence-corrected chi connectivity index (χ4v) is 3.19. The molecule has 4 nitrogen and oxygen atoms in total. The fourth-order valence-electron chi connectivity index (χ4n) is 1.27. The van der Waals surface area contributed by atoms with Gasteiger partial charge in [0.1, 0.15) is 0 Å². The topological polar surface area (TPSA) is 52.6 Å². The van der Waals surface area contributed by atoms with Gasteiger partial charge < -0.3 is 4.43 Å². The van der Waals surface area contributed by atoms with E-state index in [1.165, 1.54) is 0 Å². The SMILES string of the molecule is CC(C)(C)[Si](C)(C)OCCCC/C=C(\Br)COS(C)(=O)=O. The van der Waals surface area contributed by atoms with Gasteiger partial charge in [-0.25, -0.2) is 0 Å². The van der Waals surface area contributed by atoms with Crippen molar-refractivity contribution in [3.63, 3.8) is 0 Å². The maximum Gasteiger partial charge on any atom is 0.264 e. The van der Waals surface area contributed by atoms with Crippen LogP contribution in [-0.2, 0) is 18.7 Å². The van der Waals surface area contributed by atoms with E-state index in [0.29, 0.717) is 0 Å². The van der Waals surface area contributed by atoms with Crippen LogP contribution in [0.3, 0.4) is 0 Å². The maximum absolute atomic E-state index is 10.8. The van der Waals surface area contributed by atoms with Crippen molar-refractivity contribution >= 4 is 34.4 Å². The average Bonchev–Trinajstić information content (AvgIpc) is 2.28. The lowest BCUT2D eigenvalue weighted by molar-refractivity contribution is 0.279. The minimum atomic E-state index is -3.38. The van der Waals surface area contributed by atoms with Crippen molar-refractivity contribution in [3.8, 4) is 0 Å². The van der Waals surface area contributed by atoms with Crippen molar-refractivity contribution in [2.45, 2.75) is 58.2 Å². The maximum atomic E-state index is 10.8. The Morgan fingerprint density at radius 3 is 2.29 bits per heavy atom. The molecule has 0 saturated heterocycles. The van der Waals surface area contributed by atoms with Crippen LogP contribution in [0.4, 0.5) is 0 Å². The third-order valence-electron chi connectivity index (χ3n) is 3.64. The van der Waals surface area contributed by atoms with Gasteiger partial charge in [-0.2, -0.15) is 8.42 Å². The number of hydrogen-bond acceptors (Lipinski definition) is 4. The molecule has 0 N–H and O–H groups in total. The van der Waals surface area contributed by atoms with Gasteiger partial charge in [0.15, 0.2) is 8.32 Å². The van der Waals surface area contributed by atoms with Crippen LogP contribution in [0.15, 0.2) is 10.6 Å². The summed E-state index contributed by atoms with van der Waals surface area (Å²) in [5.41, 5.74) is 0. The first kappa shape index (κ1) is 21.3. The normalized spacial score (nSPS) is 14.5. The first-order valence-electron chi connectivity index (χ1n) is 7.18. The summed E-state index contributed by atoms with van der Waals surface area (Å²) in [6.07, 6.45) is 5.91. The first-order chi connectivity index (χ1) is 9.35. The molecule has 0 bridgehead atoms. The van der Waals surface area contributed by atoms with E-state index in [2.05, 4.69) is 54.0 Å². The van der Waals surface area contributed by atoms with E-state index in [9.17, 15) is 8.42 Å². The molecule has 0 heterocycles. The van der Waals surface area contributed by atoms with Gasteiger partial charge in [0.05, 0.1) is 12.9 Å². The molecule has 0 spiro atoms. The fraction of sp³-hybridized carbons (Fsp3) is 0.857. The molecule has 0 amide bonds. The molecule has 0 rings (SSSR count). The standard InChI is InChI=1S/C14H29BrO4SSi/c1-14(2,3)21(5,6)19-11-9-7-8-10-13(15)12-18-20(4,16)17/h10H,7-9,11-12H2,1-6H3/b13-10-. The molecule has 126 valence electrons. The van der Waals surface area contributed by atoms with Gasteiger partial charge in [0.25, 0.3) is 10.1 Å². The van der Waals surface area contributed by atoms with Crippen molar-refractivity contribution in [1.82, 2.24) is 0 Å². The summed E-state index contributed by atoms with van der Waals surface area (Å²) in [4.78, 5) is 0. The second kappa shape index (κ2) is 8.81. The highest BCUT2D eigenvalue weighted by Crippen LogP contribution is 2.36. The number of halogens is 1. The lowest BCUT2D eigenvalue weighted by Crippen LogP contribution is -2.40. The quantitative estimate of drug-likeness (QED) is 0.326. The van der Waals surface area contributed by atoms with E-state index < -0.39 is 18.4 Å². The summed E-state index contributed by atoms with van der Waals surface area (Å²) in [6.45, 7) is 12.1. The number of allylic oxidation sites excluding steroid dienone is 1. The van der Waals surface area contributed by atoms with Crippen molar-refractivity contribution in [2.75, 3.05) is 19.5 Å². The van der Waals surface area contributed by atoms with Gasteiger partial charge in [0.2, 0.25) is 0 Å². The Morgan fingerprint density at radius 2 is 1.81 bits per heavy atom. The molecule has 7 heteroatoms. The van der Waals surface area contributed by atoms with Crippen molar-refractivity contribution in [3.05, 3.63) is 10.6 Å². The predicted molar refractivity (Wildman–Crippen MR) is 94.8 cm³/mol. The molecule has 0 aromatic rings. The minimum absolute atomic E-state index is 0.0688. The smallest absolute Gasteiger partial charge is 0.264 e. The summed E-state index contributed by atoms with van der Waals surface area (Å²) in [5, 5.41) is 0.249. The summed E-state index contributed by atoms with van der Waals surface area (Å²) in [5.74, 6) is 0. The average molecular weight is 401 g/mol. The first-order valence-corrected chi connectivity index (χ1v) is 12.7. The Bertz CT molecular complexity index is 438. The summed E-state index contributed by atoms with van der Waals surface area (Å²) in [6, 6.07) is 0. The van der Waals surface area contributed by atoms with Gasteiger partial charge >= 0.3 is 0 Å². The zero-order valence-corrected chi connectivity index (χ0v) is 17.4. The van der Waals surface area contributed by atoms with Gasteiger partial charge in [0, 0.05) is 11.1 Å². The lowest BCUT2D eigenvalue weighted by atomic mass is 10.2. The second-order valence-corrected chi connectivity index (χ2v) is 14.2. The van der Waals surface area contributed by atoms with Crippen molar-refractivity contribution in [1.29, 1.82) is 0 Å². The number of unbranched alkanes of at least 4 members (excludes halogenated alkanes) is 2. The molecule has 0 aliphatic heterocycles. The molecular weight excluding hydrogens is 372 g/mol. The third-order valence-corrected chi connectivity index (χ3v) is 9.28.